The number of hydrogen-bond acceptors (Lipinski definition) is 5. The van der Waals surface area contributed by atoms with Crippen LogP contribution in [0.5, 0.6) is 11.5 Å². The number of benzene rings is 2. The molecule has 2 amide bonds. The van der Waals surface area contributed by atoms with Crippen LogP contribution in [0.25, 0.3) is 6.08 Å². The van der Waals surface area contributed by atoms with Gasteiger partial charge in [0.15, 0.2) is 0 Å². The molecule has 5 nitrogen and oxygen atoms in total. The Hall–Kier alpha value is -1.23. The molecule has 0 aliphatic carbocycles. The Bertz CT molecular complexity index is 953. The predicted octanol–water partition coefficient (Wildman–Crippen LogP) is 5.53. The van der Waals surface area contributed by atoms with Crippen molar-refractivity contribution in [2.75, 3.05) is 13.2 Å². The summed E-state index contributed by atoms with van der Waals surface area (Å²) in [5.41, 5.74) is 0.464. The normalized spacial score (nSPS) is 15.7. The summed E-state index contributed by atoms with van der Waals surface area (Å²) in [4.78, 5) is 26.1. The van der Waals surface area contributed by atoms with Crippen molar-refractivity contribution in [3.05, 3.63) is 59.9 Å². The number of carbonyl (C=O) groups excluding carboxylic acids is 2. The second-order valence-corrected chi connectivity index (χ2v) is 8.92. The van der Waals surface area contributed by atoms with Crippen LogP contribution in [0.2, 0.25) is 5.02 Å². The first kappa shape index (κ1) is 20.5. The summed E-state index contributed by atoms with van der Waals surface area (Å²) in [6.07, 6.45) is 1.52. The van der Waals surface area contributed by atoms with Crippen LogP contribution in [0.4, 0.5) is 4.79 Å². The minimum absolute atomic E-state index is 0.0626. The number of ether oxygens (including phenoxy) is 1. The molecular weight excluding hydrogens is 569 g/mol. The summed E-state index contributed by atoms with van der Waals surface area (Å²) in [6, 6.07) is 10.4. The summed E-state index contributed by atoms with van der Waals surface area (Å²) in [5, 5.41) is 10.3. The first-order chi connectivity index (χ1) is 12.9. The molecule has 0 radical (unpaired) electrons. The lowest BCUT2D eigenvalue weighted by molar-refractivity contribution is -0.123. The largest absolute Gasteiger partial charge is 0.506 e. The van der Waals surface area contributed by atoms with Gasteiger partial charge < -0.3 is 9.84 Å². The maximum absolute atomic E-state index is 12.5. The molecule has 1 N–H and O–H groups in total. The Balaban J connectivity index is 1.71. The minimum atomic E-state index is -0.415. The topological polar surface area (TPSA) is 66.8 Å². The second kappa shape index (κ2) is 8.85. The summed E-state index contributed by atoms with van der Waals surface area (Å²) < 4.78 is 6.95. The molecule has 0 saturated carbocycles. The van der Waals surface area contributed by atoms with Crippen molar-refractivity contribution < 1.29 is 19.4 Å². The van der Waals surface area contributed by atoms with Gasteiger partial charge in [0.2, 0.25) is 0 Å². The fourth-order valence-corrected chi connectivity index (χ4v) is 4.94. The summed E-state index contributed by atoms with van der Waals surface area (Å²) in [6.45, 7) is 0.240. The number of amides is 2. The van der Waals surface area contributed by atoms with Gasteiger partial charge in [0.25, 0.3) is 11.1 Å². The van der Waals surface area contributed by atoms with Crippen molar-refractivity contribution >= 4 is 79.1 Å². The van der Waals surface area contributed by atoms with E-state index in [-0.39, 0.29) is 29.0 Å². The van der Waals surface area contributed by atoms with E-state index in [0.29, 0.717) is 19.9 Å². The van der Waals surface area contributed by atoms with E-state index in [1.165, 1.54) is 6.08 Å². The molecule has 0 aromatic heterocycles. The molecular formula is C18H12BrClINO4S. The molecule has 2 aromatic carbocycles. The number of phenolic OH excluding ortho intramolecular Hbond substituents is 1. The van der Waals surface area contributed by atoms with Gasteiger partial charge in [-0.05, 0) is 64.7 Å². The molecule has 1 aliphatic heterocycles. The van der Waals surface area contributed by atoms with E-state index >= 15 is 0 Å². The van der Waals surface area contributed by atoms with Crippen LogP contribution in [0, 0.1) is 3.57 Å². The van der Waals surface area contributed by atoms with Gasteiger partial charge in [0.1, 0.15) is 18.1 Å². The molecule has 1 saturated heterocycles. The molecule has 1 aliphatic rings. The molecule has 27 heavy (non-hydrogen) atoms. The van der Waals surface area contributed by atoms with Crippen LogP contribution < -0.4 is 4.74 Å². The van der Waals surface area contributed by atoms with Gasteiger partial charge in [0.05, 0.1) is 20.0 Å². The highest BCUT2D eigenvalue weighted by atomic mass is 127. The highest BCUT2D eigenvalue weighted by Crippen LogP contribution is 2.36. The second-order valence-electron chi connectivity index (χ2n) is 5.44. The SMILES string of the molecule is O=C1S/C(=C\c2cc(Br)cc(I)c2O)C(=O)N1CCOc1ccccc1Cl. The number of para-hydroxylation sites is 1. The van der Waals surface area contributed by atoms with Crippen LogP contribution in [0.1, 0.15) is 5.56 Å². The molecule has 0 unspecified atom stereocenters. The number of nitrogens with zero attached hydrogens (tertiary/aromatic N) is 1. The zero-order chi connectivity index (χ0) is 19.6. The molecule has 1 fully saturated rings. The molecule has 1 heterocycles. The van der Waals surface area contributed by atoms with Crippen LogP contribution >= 0.6 is 61.9 Å². The van der Waals surface area contributed by atoms with Gasteiger partial charge in [-0.3, -0.25) is 14.5 Å². The molecule has 0 bridgehead atoms. The lowest BCUT2D eigenvalue weighted by Crippen LogP contribution is -2.32. The van der Waals surface area contributed by atoms with Gasteiger partial charge in [-0.15, -0.1) is 0 Å². The van der Waals surface area contributed by atoms with Crippen molar-refractivity contribution in [1.82, 2.24) is 4.90 Å². The monoisotopic (exact) mass is 579 g/mol. The van der Waals surface area contributed by atoms with E-state index in [0.717, 1.165) is 21.1 Å². The number of hydrogen-bond donors (Lipinski definition) is 1. The number of carbonyl (C=O) groups is 2. The third-order valence-electron chi connectivity index (χ3n) is 3.63. The Morgan fingerprint density at radius 1 is 1.30 bits per heavy atom. The fraction of sp³-hybridized carbons (Fsp3) is 0.111. The van der Waals surface area contributed by atoms with Crippen molar-refractivity contribution in [2.45, 2.75) is 0 Å². The first-order valence-corrected chi connectivity index (χ1v) is 10.7. The van der Waals surface area contributed by atoms with Crippen LogP contribution in [-0.2, 0) is 4.79 Å². The number of thioether (sulfide) groups is 1. The first-order valence-electron chi connectivity index (χ1n) is 7.67. The van der Waals surface area contributed by atoms with E-state index in [9.17, 15) is 14.7 Å². The van der Waals surface area contributed by atoms with Crippen molar-refractivity contribution in [3.63, 3.8) is 0 Å². The molecule has 140 valence electrons. The zero-order valence-corrected chi connectivity index (χ0v) is 18.9. The van der Waals surface area contributed by atoms with Gasteiger partial charge in [-0.2, -0.15) is 0 Å². The third-order valence-corrected chi connectivity index (χ3v) is 6.13. The minimum Gasteiger partial charge on any atom is -0.506 e. The standard InChI is InChI=1S/C18H12BrClINO4S/c19-11-7-10(16(23)13(21)9-11)8-15-17(24)22(18(25)27-15)5-6-26-14-4-2-1-3-12(14)20/h1-4,7-9,23H,5-6H2/b15-8-. The van der Waals surface area contributed by atoms with Crippen LogP contribution in [0.3, 0.4) is 0 Å². The zero-order valence-electron chi connectivity index (χ0n) is 13.6. The molecule has 0 atom stereocenters. The number of imide groups is 1. The summed E-state index contributed by atoms with van der Waals surface area (Å²) in [5.74, 6) is 0.144. The van der Waals surface area contributed by atoms with Gasteiger partial charge in [-0.25, -0.2) is 0 Å². The quantitative estimate of drug-likeness (QED) is 0.372. The van der Waals surface area contributed by atoms with Crippen LogP contribution in [-0.4, -0.2) is 34.3 Å². The third kappa shape index (κ3) is 4.79. The highest BCUT2D eigenvalue weighted by molar-refractivity contribution is 14.1. The molecule has 3 rings (SSSR count). The summed E-state index contributed by atoms with van der Waals surface area (Å²) in [7, 11) is 0. The van der Waals surface area contributed by atoms with E-state index < -0.39 is 5.91 Å². The molecule has 9 heteroatoms. The Morgan fingerprint density at radius 3 is 2.78 bits per heavy atom. The smallest absolute Gasteiger partial charge is 0.293 e. The van der Waals surface area contributed by atoms with Gasteiger partial charge in [-0.1, -0.05) is 39.7 Å². The van der Waals surface area contributed by atoms with Crippen LogP contribution in [0.15, 0.2) is 45.8 Å². The summed E-state index contributed by atoms with van der Waals surface area (Å²) >= 11 is 12.2. The highest BCUT2D eigenvalue weighted by Gasteiger charge is 2.35. The Labute approximate surface area is 187 Å². The number of halogens is 3. The average molecular weight is 581 g/mol. The molecule has 2 aromatic rings. The maximum atomic E-state index is 12.5. The van der Waals surface area contributed by atoms with E-state index in [1.54, 1.807) is 36.4 Å². The number of rotatable bonds is 5. The predicted molar refractivity (Wildman–Crippen MR) is 118 cm³/mol. The van der Waals surface area contributed by atoms with Crippen molar-refractivity contribution in [3.8, 4) is 11.5 Å². The van der Waals surface area contributed by atoms with Crippen molar-refractivity contribution in [2.24, 2.45) is 0 Å². The van der Waals surface area contributed by atoms with Gasteiger partial charge in [0, 0.05) is 10.0 Å². The molecule has 0 spiro atoms. The van der Waals surface area contributed by atoms with Crippen molar-refractivity contribution in [1.29, 1.82) is 0 Å². The maximum Gasteiger partial charge on any atom is 0.293 e. The van der Waals surface area contributed by atoms with Gasteiger partial charge >= 0.3 is 0 Å². The van der Waals surface area contributed by atoms with E-state index in [1.807, 2.05) is 22.6 Å². The van der Waals surface area contributed by atoms with E-state index in [2.05, 4.69) is 15.9 Å². The lowest BCUT2D eigenvalue weighted by atomic mass is 10.2. The number of phenols is 1. The fourth-order valence-electron chi connectivity index (χ4n) is 2.34. The average Bonchev–Trinajstić information content (AvgIpc) is 2.88. The Kier molecular flexibility index (Phi) is 6.72. The lowest BCUT2D eigenvalue weighted by Gasteiger charge is -2.13. The Morgan fingerprint density at radius 2 is 2.04 bits per heavy atom. The van der Waals surface area contributed by atoms with E-state index in [4.69, 9.17) is 16.3 Å². The number of aromatic hydroxyl groups is 1.